The Labute approximate surface area is 137 Å². The summed E-state index contributed by atoms with van der Waals surface area (Å²) in [5, 5.41) is 3.34. The second-order valence-corrected chi connectivity index (χ2v) is 5.13. The maximum absolute atomic E-state index is 11.8. The van der Waals surface area contributed by atoms with E-state index in [0.717, 1.165) is 0 Å². The normalized spacial score (nSPS) is 10.2. The van der Waals surface area contributed by atoms with Crippen molar-refractivity contribution in [3.05, 3.63) is 40.0 Å². The van der Waals surface area contributed by atoms with Crippen molar-refractivity contribution in [3.8, 4) is 11.6 Å². The van der Waals surface area contributed by atoms with Gasteiger partial charge in [-0.2, -0.15) is 4.98 Å². The maximum Gasteiger partial charge on any atom is 0.264 e. The molecule has 0 aliphatic rings. The Morgan fingerprint density at radius 3 is 2.73 bits per heavy atom. The van der Waals surface area contributed by atoms with Gasteiger partial charge in [0, 0.05) is 16.8 Å². The predicted molar refractivity (Wildman–Crippen MR) is 83.9 cm³/mol. The number of ether oxygens (including phenoxy) is 2. The zero-order chi connectivity index (χ0) is 16.1. The lowest BCUT2D eigenvalue weighted by molar-refractivity contribution is -0.118. The number of carbonyl (C=O) groups is 1. The summed E-state index contributed by atoms with van der Waals surface area (Å²) < 4.78 is 10.3. The molecule has 0 spiro atoms. The molecule has 0 saturated carbocycles. The summed E-state index contributed by atoms with van der Waals surface area (Å²) in [5.74, 6) is 0.458. The first kappa shape index (κ1) is 16.3. The number of rotatable bonds is 5. The first-order valence-corrected chi connectivity index (χ1v) is 7.01. The first-order valence-electron chi connectivity index (χ1n) is 6.25. The number of hydrogen-bond donors (Lipinski definition) is 1. The lowest BCUT2D eigenvalue weighted by Gasteiger charge is -2.09. The summed E-state index contributed by atoms with van der Waals surface area (Å²) >= 11 is 11.7. The number of anilines is 1. The third-order valence-corrected chi connectivity index (χ3v) is 3.07. The van der Waals surface area contributed by atoms with Gasteiger partial charge >= 0.3 is 0 Å². The van der Waals surface area contributed by atoms with Crippen LogP contribution in [0.2, 0.25) is 10.0 Å². The van der Waals surface area contributed by atoms with Crippen LogP contribution in [-0.2, 0) is 4.79 Å². The number of amides is 1. The molecule has 0 aliphatic heterocycles. The van der Waals surface area contributed by atoms with Crippen molar-refractivity contribution in [1.29, 1.82) is 0 Å². The summed E-state index contributed by atoms with van der Waals surface area (Å²) in [5.41, 5.74) is 0.670. The number of methoxy groups -OCH3 is 1. The van der Waals surface area contributed by atoms with Crippen molar-refractivity contribution in [2.45, 2.75) is 6.92 Å². The summed E-state index contributed by atoms with van der Waals surface area (Å²) in [6.07, 6.45) is 0. The van der Waals surface area contributed by atoms with Crippen LogP contribution in [0.4, 0.5) is 5.95 Å². The van der Waals surface area contributed by atoms with E-state index in [1.165, 1.54) is 13.2 Å². The fraction of sp³-hybridized carbons (Fsp3) is 0.214. The first-order chi connectivity index (χ1) is 10.5. The molecule has 1 aromatic carbocycles. The molecule has 8 heteroatoms. The molecule has 2 rings (SSSR count). The van der Waals surface area contributed by atoms with Crippen molar-refractivity contribution in [3.63, 3.8) is 0 Å². The van der Waals surface area contributed by atoms with Crippen molar-refractivity contribution in [2.75, 3.05) is 19.0 Å². The van der Waals surface area contributed by atoms with Crippen LogP contribution in [-0.4, -0.2) is 29.6 Å². The third-order valence-electron chi connectivity index (χ3n) is 2.54. The van der Waals surface area contributed by atoms with E-state index < -0.39 is 5.91 Å². The highest BCUT2D eigenvalue weighted by Crippen LogP contribution is 2.27. The number of benzene rings is 1. The van der Waals surface area contributed by atoms with Gasteiger partial charge in [-0.25, -0.2) is 4.98 Å². The molecule has 0 bridgehead atoms. The molecule has 6 nitrogen and oxygen atoms in total. The van der Waals surface area contributed by atoms with Crippen molar-refractivity contribution < 1.29 is 14.3 Å². The van der Waals surface area contributed by atoms with E-state index in [4.69, 9.17) is 32.7 Å². The van der Waals surface area contributed by atoms with E-state index >= 15 is 0 Å². The third kappa shape index (κ3) is 4.47. The van der Waals surface area contributed by atoms with Gasteiger partial charge in [-0.15, -0.1) is 0 Å². The highest BCUT2D eigenvalue weighted by molar-refractivity contribution is 6.35. The number of nitrogens with zero attached hydrogens (tertiary/aromatic N) is 2. The molecule has 0 unspecified atom stereocenters. The number of aromatic nitrogens is 2. The maximum atomic E-state index is 11.8. The lowest BCUT2D eigenvalue weighted by atomic mass is 10.3. The Morgan fingerprint density at radius 1 is 1.27 bits per heavy atom. The molecule has 1 amide bonds. The van der Waals surface area contributed by atoms with Crippen LogP contribution in [0, 0.1) is 6.92 Å². The predicted octanol–water partition coefficient (Wildman–Crippen LogP) is 3.12. The van der Waals surface area contributed by atoms with Crippen LogP contribution in [0.3, 0.4) is 0 Å². The minimum absolute atomic E-state index is 0.146. The van der Waals surface area contributed by atoms with Crippen molar-refractivity contribution in [1.82, 2.24) is 9.97 Å². The Kier molecular flexibility index (Phi) is 5.41. The molecular weight excluding hydrogens is 329 g/mol. The summed E-state index contributed by atoms with van der Waals surface area (Å²) in [6, 6.07) is 6.39. The fourth-order valence-electron chi connectivity index (χ4n) is 1.60. The monoisotopic (exact) mass is 341 g/mol. The van der Waals surface area contributed by atoms with E-state index in [2.05, 4.69) is 15.3 Å². The molecule has 22 heavy (non-hydrogen) atoms. The minimum Gasteiger partial charge on any atom is -0.482 e. The van der Waals surface area contributed by atoms with Gasteiger partial charge in [0.2, 0.25) is 11.8 Å². The van der Waals surface area contributed by atoms with Crippen molar-refractivity contribution >= 4 is 35.1 Å². The Morgan fingerprint density at radius 2 is 2.05 bits per heavy atom. The second-order valence-electron chi connectivity index (χ2n) is 4.29. The molecule has 1 N–H and O–H groups in total. The van der Waals surface area contributed by atoms with Gasteiger partial charge in [0.05, 0.1) is 12.1 Å². The molecule has 0 aliphatic carbocycles. The zero-order valence-corrected chi connectivity index (χ0v) is 13.4. The molecule has 1 aromatic heterocycles. The van der Waals surface area contributed by atoms with Gasteiger partial charge in [-0.1, -0.05) is 23.2 Å². The topological polar surface area (TPSA) is 73.3 Å². The molecule has 116 valence electrons. The molecule has 0 saturated heterocycles. The van der Waals surface area contributed by atoms with Gasteiger partial charge in [0.1, 0.15) is 5.75 Å². The van der Waals surface area contributed by atoms with Gasteiger partial charge in [-0.3, -0.25) is 10.1 Å². The molecule has 2 aromatic rings. The number of carbonyl (C=O) groups excluding carboxylic acids is 1. The van der Waals surface area contributed by atoms with Crippen LogP contribution in [0.15, 0.2) is 24.3 Å². The lowest BCUT2D eigenvalue weighted by Crippen LogP contribution is -2.21. The average Bonchev–Trinajstić information content (AvgIpc) is 2.45. The highest BCUT2D eigenvalue weighted by atomic mass is 35.5. The van der Waals surface area contributed by atoms with E-state index in [-0.39, 0.29) is 12.6 Å². The summed E-state index contributed by atoms with van der Waals surface area (Å²) in [4.78, 5) is 19.9. The van der Waals surface area contributed by atoms with E-state index in [9.17, 15) is 4.79 Å². The average molecular weight is 342 g/mol. The molecule has 1 heterocycles. The Hall–Kier alpha value is -2.05. The van der Waals surface area contributed by atoms with Crippen LogP contribution in [0.5, 0.6) is 11.6 Å². The van der Waals surface area contributed by atoms with Crippen LogP contribution >= 0.6 is 23.2 Å². The largest absolute Gasteiger partial charge is 0.482 e. The summed E-state index contributed by atoms with van der Waals surface area (Å²) in [7, 11) is 1.49. The standard InChI is InChI=1S/C14H13Cl2N3O3/c1-8-5-13(21-2)19-14(17-8)18-12(20)7-22-11-4-3-9(15)6-10(11)16/h3-6H,7H2,1-2H3,(H,17,18,19,20). The van der Waals surface area contributed by atoms with Crippen LogP contribution in [0.25, 0.3) is 0 Å². The minimum atomic E-state index is -0.418. The van der Waals surface area contributed by atoms with Gasteiger partial charge in [0.15, 0.2) is 6.61 Å². The number of halogens is 2. The number of hydrogen-bond acceptors (Lipinski definition) is 5. The molecular formula is C14H13Cl2N3O3. The van der Waals surface area contributed by atoms with Crippen LogP contribution in [0.1, 0.15) is 5.69 Å². The summed E-state index contributed by atoms with van der Waals surface area (Å²) in [6.45, 7) is 1.53. The zero-order valence-electron chi connectivity index (χ0n) is 11.9. The SMILES string of the molecule is COc1cc(C)nc(NC(=O)COc2ccc(Cl)cc2Cl)n1. The fourth-order valence-corrected chi connectivity index (χ4v) is 2.06. The van der Waals surface area contributed by atoms with Gasteiger partial charge < -0.3 is 9.47 Å². The molecule has 0 fully saturated rings. The second kappa shape index (κ2) is 7.29. The smallest absolute Gasteiger partial charge is 0.264 e. The Balaban J connectivity index is 1.97. The van der Waals surface area contributed by atoms with Crippen LogP contribution < -0.4 is 14.8 Å². The highest BCUT2D eigenvalue weighted by Gasteiger charge is 2.09. The molecule has 0 atom stereocenters. The van der Waals surface area contributed by atoms with Gasteiger partial charge in [-0.05, 0) is 25.1 Å². The number of aryl methyl sites for hydroxylation is 1. The molecule has 0 radical (unpaired) electrons. The van der Waals surface area contributed by atoms with Gasteiger partial charge in [0.25, 0.3) is 5.91 Å². The quantitative estimate of drug-likeness (QED) is 0.904. The Bertz CT molecular complexity index is 695. The van der Waals surface area contributed by atoms with E-state index in [1.807, 2.05) is 0 Å². The number of nitrogens with one attached hydrogen (secondary N) is 1. The van der Waals surface area contributed by atoms with E-state index in [1.54, 1.807) is 25.1 Å². The van der Waals surface area contributed by atoms with E-state index in [0.29, 0.717) is 27.4 Å². The van der Waals surface area contributed by atoms with Crippen molar-refractivity contribution in [2.24, 2.45) is 0 Å².